The molecule has 96 valence electrons. The fourth-order valence-corrected chi connectivity index (χ4v) is 1.63. The van der Waals surface area contributed by atoms with Crippen LogP contribution < -0.4 is 14.8 Å². The molecular weight excluding hydrogens is 214 g/mol. The third-order valence-corrected chi connectivity index (χ3v) is 2.74. The van der Waals surface area contributed by atoms with Gasteiger partial charge in [0.15, 0.2) is 0 Å². The number of rotatable bonds is 7. The molecule has 17 heavy (non-hydrogen) atoms. The summed E-state index contributed by atoms with van der Waals surface area (Å²) in [6, 6.07) is 8.09. The van der Waals surface area contributed by atoms with Crippen LogP contribution in [0.1, 0.15) is 20.8 Å². The topological polar surface area (TPSA) is 30.5 Å². The van der Waals surface area contributed by atoms with Gasteiger partial charge in [0.2, 0.25) is 0 Å². The number of nitrogens with one attached hydrogen (secondary N) is 1. The van der Waals surface area contributed by atoms with Gasteiger partial charge in [-0.25, -0.2) is 0 Å². The van der Waals surface area contributed by atoms with Gasteiger partial charge in [0.05, 0.1) is 7.11 Å². The summed E-state index contributed by atoms with van der Waals surface area (Å²) in [7, 11) is 1.66. The van der Waals surface area contributed by atoms with Crippen LogP contribution in [0.3, 0.4) is 0 Å². The van der Waals surface area contributed by atoms with Crippen LogP contribution in [0.15, 0.2) is 24.3 Å². The molecule has 0 bridgehead atoms. The molecule has 0 spiro atoms. The monoisotopic (exact) mass is 237 g/mol. The van der Waals surface area contributed by atoms with Crippen LogP contribution in [-0.2, 0) is 0 Å². The zero-order chi connectivity index (χ0) is 12.7. The summed E-state index contributed by atoms with van der Waals surface area (Å²) < 4.78 is 10.9. The Morgan fingerprint density at radius 3 is 2.53 bits per heavy atom. The van der Waals surface area contributed by atoms with Gasteiger partial charge in [-0.05, 0) is 24.6 Å². The standard InChI is InChI=1S/C14H23NO2/c1-5-15-14(11(2)3)10-17-13-8-6-7-12(9-13)16-4/h6-9,11,14-15H,5,10H2,1-4H3. The van der Waals surface area contributed by atoms with Crippen LogP contribution in [-0.4, -0.2) is 26.3 Å². The molecule has 1 aromatic carbocycles. The van der Waals surface area contributed by atoms with Gasteiger partial charge < -0.3 is 14.8 Å². The molecule has 0 heterocycles. The van der Waals surface area contributed by atoms with Crippen LogP contribution in [0.25, 0.3) is 0 Å². The molecule has 0 aliphatic rings. The van der Waals surface area contributed by atoms with Crippen molar-refractivity contribution in [3.63, 3.8) is 0 Å². The van der Waals surface area contributed by atoms with E-state index < -0.39 is 0 Å². The molecule has 0 fully saturated rings. The quantitative estimate of drug-likeness (QED) is 0.791. The van der Waals surface area contributed by atoms with E-state index in [1.54, 1.807) is 7.11 Å². The highest BCUT2D eigenvalue weighted by Crippen LogP contribution is 2.19. The lowest BCUT2D eigenvalue weighted by molar-refractivity contribution is 0.231. The van der Waals surface area contributed by atoms with Crippen molar-refractivity contribution in [3.05, 3.63) is 24.3 Å². The summed E-state index contributed by atoms with van der Waals surface area (Å²) >= 11 is 0. The minimum absolute atomic E-state index is 0.381. The second-order valence-corrected chi connectivity index (χ2v) is 4.40. The van der Waals surface area contributed by atoms with E-state index in [2.05, 4.69) is 26.1 Å². The molecule has 0 radical (unpaired) electrons. The van der Waals surface area contributed by atoms with E-state index >= 15 is 0 Å². The average molecular weight is 237 g/mol. The molecule has 0 amide bonds. The number of methoxy groups -OCH3 is 1. The van der Waals surface area contributed by atoms with E-state index in [9.17, 15) is 0 Å². The van der Waals surface area contributed by atoms with Crippen molar-refractivity contribution in [1.82, 2.24) is 5.32 Å². The predicted molar refractivity (Wildman–Crippen MR) is 70.8 cm³/mol. The molecule has 0 aliphatic heterocycles. The molecule has 0 aromatic heterocycles. The minimum atomic E-state index is 0.381. The van der Waals surface area contributed by atoms with Crippen LogP contribution in [0, 0.1) is 5.92 Å². The lowest BCUT2D eigenvalue weighted by Gasteiger charge is -2.22. The summed E-state index contributed by atoms with van der Waals surface area (Å²) in [6.07, 6.45) is 0. The van der Waals surface area contributed by atoms with E-state index in [0.29, 0.717) is 18.6 Å². The van der Waals surface area contributed by atoms with E-state index in [1.807, 2.05) is 24.3 Å². The summed E-state index contributed by atoms with van der Waals surface area (Å²) in [5, 5.41) is 3.42. The van der Waals surface area contributed by atoms with E-state index in [0.717, 1.165) is 18.0 Å². The molecule has 0 saturated carbocycles. The summed E-state index contributed by atoms with van der Waals surface area (Å²) in [6.45, 7) is 8.15. The molecule has 0 aliphatic carbocycles. The van der Waals surface area contributed by atoms with Gasteiger partial charge in [-0.3, -0.25) is 0 Å². The number of hydrogen-bond donors (Lipinski definition) is 1. The summed E-state index contributed by atoms with van der Waals surface area (Å²) in [5.74, 6) is 2.24. The summed E-state index contributed by atoms with van der Waals surface area (Å²) in [5.41, 5.74) is 0. The smallest absolute Gasteiger partial charge is 0.123 e. The molecule has 1 N–H and O–H groups in total. The largest absolute Gasteiger partial charge is 0.497 e. The number of likely N-dealkylation sites (N-methyl/N-ethyl adjacent to an activating group) is 1. The van der Waals surface area contributed by atoms with Gasteiger partial charge in [-0.1, -0.05) is 26.8 Å². The molecule has 1 aromatic rings. The van der Waals surface area contributed by atoms with E-state index in [-0.39, 0.29) is 0 Å². The molecular formula is C14H23NO2. The van der Waals surface area contributed by atoms with Crippen LogP contribution in [0.2, 0.25) is 0 Å². The van der Waals surface area contributed by atoms with Crippen molar-refractivity contribution >= 4 is 0 Å². The predicted octanol–water partition coefficient (Wildman–Crippen LogP) is 2.71. The minimum Gasteiger partial charge on any atom is -0.497 e. The maximum absolute atomic E-state index is 5.78. The first-order valence-electron chi connectivity index (χ1n) is 6.17. The number of ether oxygens (including phenoxy) is 2. The molecule has 3 nitrogen and oxygen atoms in total. The Labute approximate surface area is 104 Å². The molecule has 1 unspecified atom stereocenters. The van der Waals surface area contributed by atoms with Gasteiger partial charge in [-0.15, -0.1) is 0 Å². The van der Waals surface area contributed by atoms with Crippen molar-refractivity contribution in [2.75, 3.05) is 20.3 Å². The summed E-state index contributed by atoms with van der Waals surface area (Å²) in [4.78, 5) is 0. The van der Waals surface area contributed by atoms with Crippen LogP contribution in [0.4, 0.5) is 0 Å². The molecule has 3 heteroatoms. The Hall–Kier alpha value is -1.22. The van der Waals surface area contributed by atoms with Gasteiger partial charge in [0.1, 0.15) is 18.1 Å². The van der Waals surface area contributed by atoms with Crippen molar-refractivity contribution < 1.29 is 9.47 Å². The highest BCUT2D eigenvalue weighted by Gasteiger charge is 2.12. The van der Waals surface area contributed by atoms with Gasteiger partial charge in [0.25, 0.3) is 0 Å². The second-order valence-electron chi connectivity index (χ2n) is 4.40. The molecule has 0 saturated heterocycles. The van der Waals surface area contributed by atoms with Gasteiger partial charge in [-0.2, -0.15) is 0 Å². The second kappa shape index (κ2) is 7.17. The Bertz CT molecular complexity index is 326. The first-order valence-corrected chi connectivity index (χ1v) is 6.17. The van der Waals surface area contributed by atoms with E-state index in [4.69, 9.17) is 9.47 Å². The molecule has 1 atom stereocenters. The normalized spacial score (nSPS) is 12.5. The van der Waals surface area contributed by atoms with Crippen LogP contribution >= 0.6 is 0 Å². The first-order chi connectivity index (χ1) is 8.17. The third-order valence-electron chi connectivity index (χ3n) is 2.74. The van der Waals surface area contributed by atoms with Gasteiger partial charge >= 0.3 is 0 Å². The average Bonchev–Trinajstić information content (AvgIpc) is 2.34. The number of benzene rings is 1. The van der Waals surface area contributed by atoms with Gasteiger partial charge in [0, 0.05) is 12.1 Å². The lowest BCUT2D eigenvalue weighted by Crippen LogP contribution is -2.38. The van der Waals surface area contributed by atoms with Crippen LogP contribution in [0.5, 0.6) is 11.5 Å². The fourth-order valence-electron chi connectivity index (χ4n) is 1.63. The van der Waals surface area contributed by atoms with Crippen molar-refractivity contribution in [1.29, 1.82) is 0 Å². The fraction of sp³-hybridized carbons (Fsp3) is 0.571. The van der Waals surface area contributed by atoms with E-state index in [1.165, 1.54) is 0 Å². The maximum Gasteiger partial charge on any atom is 0.123 e. The zero-order valence-corrected chi connectivity index (χ0v) is 11.2. The van der Waals surface area contributed by atoms with Crippen molar-refractivity contribution in [2.45, 2.75) is 26.8 Å². The Morgan fingerprint density at radius 1 is 1.24 bits per heavy atom. The number of hydrogen-bond acceptors (Lipinski definition) is 3. The Kier molecular flexibility index (Phi) is 5.84. The first kappa shape index (κ1) is 13.8. The third kappa shape index (κ3) is 4.65. The highest BCUT2D eigenvalue weighted by molar-refractivity contribution is 5.32. The van der Waals surface area contributed by atoms with Crippen molar-refractivity contribution in [3.8, 4) is 11.5 Å². The Balaban J connectivity index is 2.52. The maximum atomic E-state index is 5.78. The molecule has 1 rings (SSSR count). The lowest BCUT2D eigenvalue weighted by atomic mass is 10.1. The highest BCUT2D eigenvalue weighted by atomic mass is 16.5. The zero-order valence-electron chi connectivity index (χ0n) is 11.2. The SMILES string of the molecule is CCNC(COc1cccc(OC)c1)C(C)C. The van der Waals surface area contributed by atoms with Crippen molar-refractivity contribution in [2.24, 2.45) is 5.92 Å². The Morgan fingerprint density at radius 2 is 1.94 bits per heavy atom.